The van der Waals surface area contributed by atoms with Gasteiger partial charge in [0.1, 0.15) is 29.7 Å². The Kier molecular flexibility index (Phi) is 7.32. The van der Waals surface area contributed by atoms with E-state index in [-0.39, 0.29) is 18.2 Å². The highest BCUT2D eigenvalue weighted by Crippen LogP contribution is 2.35. The summed E-state index contributed by atoms with van der Waals surface area (Å²) in [5, 5.41) is 9.44. The highest BCUT2D eigenvalue weighted by Gasteiger charge is 2.27. The van der Waals surface area contributed by atoms with Crippen molar-refractivity contribution in [2.45, 2.75) is 12.8 Å². The van der Waals surface area contributed by atoms with Crippen LogP contribution in [0.3, 0.4) is 0 Å². The lowest BCUT2D eigenvalue weighted by Crippen LogP contribution is -2.32. The molecule has 180 valence electrons. The number of hydrogen-bond donors (Lipinski definition) is 2. The van der Waals surface area contributed by atoms with Gasteiger partial charge in [0.15, 0.2) is 0 Å². The Morgan fingerprint density at radius 3 is 2.91 bits per heavy atom. The van der Waals surface area contributed by atoms with Crippen molar-refractivity contribution in [1.29, 1.82) is 0 Å². The number of carbonyl (C=O) groups is 1. The predicted molar refractivity (Wildman–Crippen MR) is 127 cm³/mol. The molecule has 0 spiro atoms. The molecule has 2 aromatic carbocycles. The summed E-state index contributed by atoms with van der Waals surface area (Å²) in [4.78, 5) is 15.2. The van der Waals surface area contributed by atoms with E-state index in [1.54, 1.807) is 19.4 Å². The van der Waals surface area contributed by atoms with Crippen LogP contribution in [0.4, 0.5) is 10.1 Å². The summed E-state index contributed by atoms with van der Waals surface area (Å²) in [5.41, 5.74) is 2.12. The molecule has 1 aromatic heterocycles. The first-order chi connectivity index (χ1) is 16.4. The number of ether oxygens (including phenoxy) is 3. The van der Waals surface area contributed by atoms with Gasteiger partial charge < -0.3 is 24.4 Å². The third-order valence-electron chi connectivity index (χ3n) is 5.69. The quantitative estimate of drug-likeness (QED) is 0.465. The fourth-order valence-electron chi connectivity index (χ4n) is 3.85. The summed E-state index contributed by atoms with van der Waals surface area (Å²) in [7, 11) is 5.57. The topological polar surface area (TPSA) is 88.7 Å². The van der Waals surface area contributed by atoms with Crippen LogP contribution in [0.25, 0.3) is 11.1 Å². The van der Waals surface area contributed by atoms with E-state index in [9.17, 15) is 9.18 Å². The van der Waals surface area contributed by atoms with Gasteiger partial charge in [-0.15, -0.1) is 0 Å². The van der Waals surface area contributed by atoms with Gasteiger partial charge in [0.2, 0.25) is 5.91 Å². The minimum atomic E-state index is -0.479. The number of hydrogen-bond acceptors (Lipinski definition) is 6. The van der Waals surface area contributed by atoms with E-state index < -0.39 is 11.7 Å². The predicted octanol–water partition coefficient (Wildman–Crippen LogP) is 3.74. The molecule has 0 bridgehead atoms. The summed E-state index contributed by atoms with van der Waals surface area (Å²) < 4.78 is 32.0. The number of methoxy groups -OCH3 is 1. The highest BCUT2D eigenvalue weighted by atomic mass is 19.1. The first-order valence-electron chi connectivity index (χ1n) is 11.2. The summed E-state index contributed by atoms with van der Waals surface area (Å²) in [6, 6.07) is 8.42. The van der Waals surface area contributed by atoms with Gasteiger partial charge in [-0.2, -0.15) is 5.10 Å². The number of carbonyl (C=O) groups excluding carboxylic acids is 1. The van der Waals surface area contributed by atoms with E-state index >= 15 is 0 Å². The number of benzene rings is 2. The molecule has 0 saturated carbocycles. The molecule has 8 nitrogen and oxygen atoms in total. The second kappa shape index (κ2) is 10.6. The molecule has 1 aliphatic heterocycles. The molecule has 1 aliphatic rings. The zero-order valence-electron chi connectivity index (χ0n) is 19.6. The molecule has 2 N–H and O–H groups in total. The highest BCUT2D eigenvalue weighted by molar-refractivity contribution is 5.95. The number of aromatic amines is 1. The summed E-state index contributed by atoms with van der Waals surface area (Å²) in [6.45, 7) is 1.51. The fourth-order valence-corrected chi connectivity index (χ4v) is 3.85. The largest absolute Gasteiger partial charge is 0.497 e. The average Bonchev–Trinajstić information content (AvgIpc) is 3.36. The van der Waals surface area contributed by atoms with Crippen molar-refractivity contribution < 1.29 is 23.4 Å². The molecular weight excluding hydrogens is 439 g/mol. The SMILES string of the molecule is COc1ccc2c(c1)C[C@H](C(=O)Nc1cc(F)c(-c3cn[nH]c3)cc1OCCCN(C)C)CO2. The van der Waals surface area contributed by atoms with Gasteiger partial charge in [-0.3, -0.25) is 9.89 Å². The number of H-pyrrole nitrogens is 1. The fraction of sp³-hybridized carbons (Fsp3) is 0.360. The molecule has 0 unspecified atom stereocenters. The number of amides is 1. The summed E-state index contributed by atoms with van der Waals surface area (Å²) >= 11 is 0. The molecule has 0 radical (unpaired) electrons. The number of aromatic nitrogens is 2. The first kappa shape index (κ1) is 23.6. The van der Waals surface area contributed by atoms with Crippen molar-refractivity contribution in [3.05, 3.63) is 54.1 Å². The van der Waals surface area contributed by atoms with Crippen LogP contribution in [0.1, 0.15) is 12.0 Å². The van der Waals surface area contributed by atoms with E-state index in [0.717, 1.165) is 24.3 Å². The monoisotopic (exact) mass is 468 g/mol. The second-order valence-electron chi connectivity index (χ2n) is 8.50. The average molecular weight is 469 g/mol. The van der Waals surface area contributed by atoms with Crippen molar-refractivity contribution in [3.8, 4) is 28.4 Å². The number of rotatable bonds is 9. The minimum absolute atomic E-state index is 0.236. The van der Waals surface area contributed by atoms with Crippen molar-refractivity contribution in [1.82, 2.24) is 15.1 Å². The molecule has 0 aliphatic carbocycles. The maximum Gasteiger partial charge on any atom is 0.231 e. The van der Waals surface area contributed by atoms with E-state index in [0.29, 0.717) is 35.7 Å². The van der Waals surface area contributed by atoms with Crippen LogP contribution >= 0.6 is 0 Å². The lowest BCUT2D eigenvalue weighted by atomic mass is 9.95. The van der Waals surface area contributed by atoms with Gasteiger partial charge in [-0.05, 0) is 56.8 Å². The van der Waals surface area contributed by atoms with Gasteiger partial charge in [-0.1, -0.05) is 0 Å². The zero-order valence-corrected chi connectivity index (χ0v) is 19.6. The summed E-state index contributed by atoms with van der Waals surface area (Å²) in [6.07, 6.45) is 4.43. The maximum absolute atomic E-state index is 15.0. The molecule has 0 fully saturated rings. The lowest BCUT2D eigenvalue weighted by Gasteiger charge is -2.25. The van der Waals surface area contributed by atoms with E-state index in [2.05, 4.69) is 20.4 Å². The number of nitrogens with zero attached hydrogens (tertiary/aromatic N) is 2. The van der Waals surface area contributed by atoms with Crippen molar-refractivity contribution in [2.75, 3.05) is 46.3 Å². The molecular formula is C25H29FN4O4. The zero-order chi connectivity index (χ0) is 24.1. The van der Waals surface area contributed by atoms with Crippen LogP contribution in [-0.2, 0) is 11.2 Å². The number of halogens is 1. The smallest absolute Gasteiger partial charge is 0.231 e. The molecule has 34 heavy (non-hydrogen) atoms. The maximum atomic E-state index is 15.0. The molecule has 0 saturated heterocycles. The second-order valence-corrected chi connectivity index (χ2v) is 8.50. The van der Waals surface area contributed by atoms with Crippen LogP contribution in [0.15, 0.2) is 42.7 Å². The molecule has 1 atom stereocenters. The third kappa shape index (κ3) is 5.48. The molecule has 2 heterocycles. The Bertz CT molecular complexity index is 1130. The van der Waals surface area contributed by atoms with Crippen LogP contribution in [0.2, 0.25) is 0 Å². The van der Waals surface area contributed by atoms with Gasteiger partial charge in [-0.25, -0.2) is 4.39 Å². The summed E-state index contributed by atoms with van der Waals surface area (Å²) in [5.74, 6) is 0.676. The standard InChI is InChI=1S/C25H29FN4O4/c1-30(2)7-4-8-33-24-11-20(18-13-27-28-14-18)21(26)12-22(24)29-25(31)17-9-16-10-19(32-3)5-6-23(16)34-15-17/h5-6,10-14,17H,4,7-9,15H2,1-3H3,(H,27,28)(H,29,31)/t17-/m0/s1. The first-order valence-corrected chi connectivity index (χ1v) is 11.2. The van der Waals surface area contributed by atoms with Crippen molar-refractivity contribution >= 4 is 11.6 Å². The minimum Gasteiger partial charge on any atom is -0.497 e. The van der Waals surface area contributed by atoms with Crippen molar-refractivity contribution in [2.24, 2.45) is 5.92 Å². The Hall–Kier alpha value is -3.59. The molecule has 3 aromatic rings. The third-order valence-corrected chi connectivity index (χ3v) is 5.69. The number of anilines is 1. The van der Waals surface area contributed by atoms with E-state index in [1.807, 2.05) is 32.3 Å². The van der Waals surface area contributed by atoms with Gasteiger partial charge in [0, 0.05) is 29.9 Å². The Morgan fingerprint density at radius 1 is 1.32 bits per heavy atom. The van der Waals surface area contributed by atoms with Gasteiger partial charge in [0.25, 0.3) is 0 Å². The van der Waals surface area contributed by atoms with E-state index in [1.165, 1.54) is 12.3 Å². The Labute approximate surface area is 198 Å². The molecule has 4 rings (SSSR count). The van der Waals surface area contributed by atoms with E-state index in [4.69, 9.17) is 14.2 Å². The molecule has 1 amide bonds. The van der Waals surface area contributed by atoms with Crippen LogP contribution in [0, 0.1) is 11.7 Å². The van der Waals surface area contributed by atoms with Crippen LogP contribution in [-0.4, -0.2) is 62.0 Å². The number of nitrogens with one attached hydrogen (secondary N) is 2. The Morgan fingerprint density at radius 2 is 2.18 bits per heavy atom. The molecule has 9 heteroatoms. The van der Waals surface area contributed by atoms with Gasteiger partial charge in [0.05, 0.1) is 31.5 Å². The Balaban J connectivity index is 1.53. The van der Waals surface area contributed by atoms with Gasteiger partial charge >= 0.3 is 0 Å². The van der Waals surface area contributed by atoms with Crippen LogP contribution in [0.5, 0.6) is 17.2 Å². The lowest BCUT2D eigenvalue weighted by molar-refractivity contribution is -0.121. The normalized spacial score (nSPS) is 14.9. The number of fused-ring (bicyclic) bond motifs is 1. The van der Waals surface area contributed by atoms with Crippen molar-refractivity contribution in [3.63, 3.8) is 0 Å². The van der Waals surface area contributed by atoms with Crippen LogP contribution < -0.4 is 19.5 Å².